The molecule has 1 N–H and O–H groups in total. The van der Waals surface area contributed by atoms with Gasteiger partial charge in [0.2, 0.25) is 0 Å². The molecule has 6 heteroatoms. The van der Waals surface area contributed by atoms with Crippen molar-refractivity contribution in [3.05, 3.63) is 28.3 Å². The van der Waals surface area contributed by atoms with Gasteiger partial charge in [-0.15, -0.1) is 0 Å². The fraction of sp³-hybridized carbons (Fsp3) is 0.571. The van der Waals surface area contributed by atoms with Gasteiger partial charge in [-0.1, -0.05) is 0 Å². The summed E-state index contributed by atoms with van der Waals surface area (Å²) in [6.45, 7) is 2.18. The molecular formula is C14H21N3O3. The Morgan fingerprint density at radius 3 is 2.90 bits per heavy atom. The fourth-order valence-electron chi connectivity index (χ4n) is 2.52. The molecule has 1 heterocycles. The Balaban J connectivity index is 2.10. The Hall–Kier alpha value is -1.82. The van der Waals surface area contributed by atoms with Crippen molar-refractivity contribution in [3.63, 3.8) is 0 Å². The second-order valence-electron chi connectivity index (χ2n) is 5.22. The van der Waals surface area contributed by atoms with E-state index in [0.29, 0.717) is 11.8 Å². The van der Waals surface area contributed by atoms with Gasteiger partial charge in [0.25, 0.3) is 5.69 Å². The molecule has 1 fully saturated rings. The molecule has 6 nitrogen and oxygen atoms in total. The summed E-state index contributed by atoms with van der Waals surface area (Å²) in [6.07, 6.45) is 3.32. The van der Waals surface area contributed by atoms with Gasteiger partial charge in [0.05, 0.1) is 23.8 Å². The Bertz CT molecular complexity index is 479. The number of benzene rings is 1. The van der Waals surface area contributed by atoms with E-state index in [1.807, 2.05) is 0 Å². The van der Waals surface area contributed by atoms with E-state index in [0.717, 1.165) is 38.0 Å². The van der Waals surface area contributed by atoms with E-state index in [-0.39, 0.29) is 5.69 Å². The number of likely N-dealkylation sites (tertiary alicyclic amines) is 1. The monoisotopic (exact) mass is 279 g/mol. The van der Waals surface area contributed by atoms with E-state index in [9.17, 15) is 10.1 Å². The van der Waals surface area contributed by atoms with Crippen LogP contribution in [0, 0.1) is 10.1 Å². The van der Waals surface area contributed by atoms with Gasteiger partial charge in [-0.05, 0) is 45.5 Å². The average Bonchev–Trinajstić information content (AvgIpc) is 2.64. The molecule has 0 radical (unpaired) electrons. The number of anilines is 1. The molecule has 1 aromatic rings. The summed E-state index contributed by atoms with van der Waals surface area (Å²) >= 11 is 0. The van der Waals surface area contributed by atoms with Crippen molar-refractivity contribution < 1.29 is 9.66 Å². The number of rotatable bonds is 4. The van der Waals surface area contributed by atoms with Gasteiger partial charge in [0, 0.05) is 12.1 Å². The molecule has 0 aromatic heterocycles. The van der Waals surface area contributed by atoms with Crippen LogP contribution in [-0.2, 0) is 0 Å². The maximum absolute atomic E-state index is 10.8. The van der Waals surface area contributed by atoms with E-state index >= 15 is 0 Å². The van der Waals surface area contributed by atoms with Gasteiger partial charge in [-0.25, -0.2) is 0 Å². The zero-order chi connectivity index (χ0) is 14.5. The minimum Gasteiger partial charge on any atom is -0.494 e. The molecule has 0 aliphatic carbocycles. The van der Waals surface area contributed by atoms with Gasteiger partial charge in [0.15, 0.2) is 0 Å². The maximum atomic E-state index is 10.8. The molecule has 0 bridgehead atoms. The molecule has 20 heavy (non-hydrogen) atoms. The van der Waals surface area contributed by atoms with Crippen molar-refractivity contribution in [2.45, 2.75) is 25.3 Å². The summed E-state index contributed by atoms with van der Waals surface area (Å²) in [5.41, 5.74) is 0.876. The van der Waals surface area contributed by atoms with E-state index in [2.05, 4.69) is 17.3 Å². The number of nitrogens with one attached hydrogen (secondary N) is 1. The number of nitrogens with zero attached hydrogens (tertiary/aromatic N) is 2. The highest BCUT2D eigenvalue weighted by Crippen LogP contribution is 2.30. The molecule has 1 saturated heterocycles. The summed E-state index contributed by atoms with van der Waals surface area (Å²) in [7, 11) is 3.67. The summed E-state index contributed by atoms with van der Waals surface area (Å²) in [5.74, 6) is 0.525. The van der Waals surface area contributed by atoms with E-state index in [1.54, 1.807) is 6.07 Å². The van der Waals surface area contributed by atoms with Crippen LogP contribution >= 0.6 is 0 Å². The Labute approximate surface area is 118 Å². The Morgan fingerprint density at radius 1 is 1.40 bits per heavy atom. The third kappa shape index (κ3) is 3.60. The zero-order valence-electron chi connectivity index (χ0n) is 12.0. The van der Waals surface area contributed by atoms with Gasteiger partial charge in [-0.2, -0.15) is 0 Å². The smallest absolute Gasteiger partial charge is 0.273 e. The molecule has 0 amide bonds. The van der Waals surface area contributed by atoms with E-state index in [4.69, 9.17) is 4.74 Å². The van der Waals surface area contributed by atoms with Crippen LogP contribution in [0.4, 0.5) is 11.4 Å². The first kappa shape index (κ1) is 14.6. The van der Waals surface area contributed by atoms with Gasteiger partial charge >= 0.3 is 0 Å². The van der Waals surface area contributed by atoms with Gasteiger partial charge in [-0.3, -0.25) is 10.1 Å². The highest BCUT2D eigenvalue weighted by molar-refractivity contribution is 5.61. The quantitative estimate of drug-likeness (QED) is 0.677. The fourth-order valence-corrected chi connectivity index (χ4v) is 2.52. The number of hydrogen-bond acceptors (Lipinski definition) is 5. The van der Waals surface area contributed by atoms with Crippen molar-refractivity contribution in [3.8, 4) is 5.75 Å². The van der Waals surface area contributed by atoms with Crippen molar-refractivity contribution in [1.29, 1.82) is 0 Å². The highest BCUT2D eigenvalue weighted by atomic mass is 16.6. The van der Waals surface area contributed by atoms with Crippen molar-refractivity contribution in [2.75, 3.05) is 32.6 Å². The third-order valence-corrected chi connectivity index (χ3v) is 3.71. The summed E-state index contributed by atoms with van der Waals surface area (Å²) in [6, 6.07) is 5.08. The molecule has 2 rings (SSSR count). The minimum atomic E-state index is -0.410. The maximum Gasteiger partial charge on any atom is 0.273 e. The Kier molecular flexibility index (Phi) is 4.79. The van der Waals surface area contributed by atoms with E-state index < -0.39 is 4.92 Å². The summed E-state index contributed by atoms with van der Waals surface area (Å²) in [5, 5.41) is 14.2. The van der Waals surface area contributed by atoms with E-state index in [1.165, 1.54) is 19.2 Å². The number of methoxy groups -OCH3 is 1. The predicted molar refractivity (Wildman–Crippen MR) is 78.4 cm³/mol. The normalized spacial score (nSPS) is 20.2. The largest absolute Gasteiger partial charge is 0.494 e. The first-order valence-electron chi connectivity index (χ1n) is 6.87. The minimum absolute atomic E-state index is 0.0491. The van der Waals surface area contributed by atoms with Crippen LogP contribution in [0.3, 0.4) is 0 Å². The molecule has 1 unspecified atom stereocenters. The summed E-state index contributed by atoms with van der Waals surface area (Å²) < 4.78 is 5.25. The molecular weight excluding hydrogens is 258 g/mol. The van der Waals surface area contributed by atoms with Crippen molar-refractivity contribution >= 4 is 11.4 Å². The lowest BCUT2D eigenvalue weighted by molar-refractivity contribution is -0.384. The lowest BCUT2D eigenvalue weighted by Crippen LogP contribution is -2.23. The van der Waals surface area contributed by atoms with Crippen LogP contribution < -0.4 is 10.1 Å². The molecule has 1 aliphatic rings. The molecule has 0 spiro atoms. The number of nitro groups is 1. The van der Waals surface area contributed by atoms with Gasteiger partial charge < -0.3 is 15.0 Å². The molecule has 0 saturated carbocycles. The summed E-state index contributed by atoms with van der Waals surface area (Å²) in [4.78, 5) is 12.7. The molecule has 1 aliphatic heterocycles. The third-order valence-electron chi connectivity index (χ3n) is 3.71. The number of ether oxygens (including phenoxy) is 1. The topological polar surface area (TPSA) is 67.6 Å². The lowest BCUT2D eigenvalue weighted by Gasteiger charge is -2.19. The number of non-ortho nitro benzene ring substituents is 1. The molecule has 1 aromatic carbocycles. The Morgan fingerprint density at radius 2 is 2.20 bits per heavy atom. The van der Waals surface area contributed by atoms with Crippen LogP contribution in [-0.4, -0.2) is 43.1 Å². The lowest BCUT2D eigenvalue weighted by atomic mass is 10.1. The second-order valence-corrected chi connectivity index (χ2v) is 5.22. The molecule has 110 valence electrons. The van der Waals surface area contributed by atoms with Crippen LogP contribution in [0.1, 0.15) is 19.3 Å². The van der Waals surface area contributed by atoms with Crippen LogP contribution in [0.5, 0.6) is 5.75 Å². The number of hydrogen-bond donors (Lipinski definition) is 1. The van der Waals surface area contributed by atoms with Crippen molar-refractivity contribution in [2.24, 2.45) is 0 Å². The van der Waals surface area contributed by atoms with Crippen LogP contribution in [0.2, 0.25) is 0 Å². The van der Waals surface area contributed by atoms with Crippen LogP contribution in [0.25, 0.3) is 0 Å². The standard InChI is InChI=1S/C14H21N3O3/c1-16-8-3-4-11(7-9-16)15-13-6-5-12(17(18)19)10-14(13)20-2/h5-6,10-11,15H,3-4,7-9H2,1-2H3. The highest BCUT2D eigenvalue weighted by Gasteiger charge is 2.17. The average molecular weight is 279 g/mol. The van der Waals surface area contributed by atoms with Crippen molar-refractivity contribution in [1.82, 2.24) is 4.90 Å². The molecule has 1 atom stereocenters. The first-order valence-corrected chi connectivity index (χ1v) is 6.87. The first-order chi connectivity index (χ1) is 9.60. The zero-order valence-corrected chi connectivity index (χ0v) is 12.0. The van der Waals surface area contributed by atoms with Crippen LogP contribution in [0.15, 0.2) is 18.2 Å². The van der Waals surface area contributed by atoms with Gasteiger partial charge in [0.1, 0.15) is 5.75 Å². The second kappa shape index (κ2) is 6.56. The number of nitro benzene ring substituents is 1. The predicted octanol–water partition coefficient (Wildman–Crippen LogP) is 2.50. The SMILES string of the molecule is COc1cc([N+](=O)[O-])ccc1NC1CCCN(C)CC1.